The maximum atomic E-state index is 12.8. The van der Waals surface area contributed by atoms with Crippen LogP contribution in [0.1, 0.15) is 46.9 Å². The zero-order valence-corrected chi connectivity index (χ0v) is 19.1. The van der Waals surface area contributed by atoms with Crippen LogP contribution >= 0.6 is 0 Å². The van der Waals surface area contributed by atoms with Crippen LogP contribution in [0.3, 0.4) is 0 Å². The third-order valence-electron chi connectivity index (χ3n) is 5.96. The average Bonchev–Trinajstić information content (AvgIpc) is 3.09. The van der Waals surface area contributed by atoms with Gasteiger partial charge < -0.3 is 5.32 Å². The Morgan fingerprint density at radius 2 is 1.68 bits per heavy atom. The normalized spacial score (nSPS) is 17.4. The van der Waals surface area contributed by atoms with E-state index in [2.05, 4.69) is 5.32 Å². The summed E-state index contributed by atoms with van der Waals surface area (Å²) in [4.78, 5) is 49.6. The van der Waals surface area contributed by atoms with Crippen LogP contribution in [0, 0.1) is 10.1 Å². The van der Waals surface area contributed by atoms with Gasteiger partial charge in [-0.3, -0.25) is 29.4 Å². The third kappa shape index (κ3) is 4.05. The highest BCUT2D eigenvalue weighted by Gasteiger charge is 2.44. The van der Waals surface area contributed by atoms with E-state index in [-0.39, 0.29) is 21.7 Å². The minimum absolute atomic E-state index is 0.105. The van der Waals surface area contributed by atoms with Gasteiger partial charge in [-0.1, -0.05) is 12.5 Å². The Hall–Kier alpha value is -3.64. The fourth-order valence-electron chi connectivity index (χ4n) is 4.12. The van der Waals surface area contributed by atoms with Crippen molar-refractivity contribution < 1.29 is 27.7 Å². The number of anilines is 1. The molecule has 3 amide bonds. The number of nitrogens with one attached hydrogen (secondary N) is 1. The molecule has 0 saturated carbocycles. The lowest BCUT2D eigenvalue weighted by Gasteiger charge is -2.26. The van der Waals surface area contributed by atoms with Crippen molar-refractivity contribution in [1.29, 1.82) is 0 Å². The molecule has 2 aromatic carbocycles. The first kappa shape index (κ1) is 23.5. The molecule has 4 rings (SSSR count). The number of nitrogens with zero attached hydrogens (tertiary/aromatic N) is 3. The Morgan fingerprint density at radius 3 is 2.29 bits per heavy atom. The molecule has 1 atom stereocenters. The van der Waals surface area contributed by atoms with Crippen molar-refractivity contribution in [2.75, 3.05) is 18.4 Å². The number of rotatable bonds is 6. The molecule has 2 heterocycles. The highest BCUT2D eigenvalue weighted by Crippen LogP contribution is 2.32. The molecule has 0 spiro atoms. The van der Waals surface area contributed by atoms with E-state index in [4.69, 9.17) is 0 Å². The summed E-state index contributed by atoms with van der Waals surface area (Å²) in [7, 11) is -3.62. The lowest BCUT2D eigenvalue weighted by molar-refractivity contribution is -0.385. The molecule has 0 aromatic heterocycles. The molecular formula is C22H22N4O7S. The number of hydrogen-bond acceptors (Lipinski definition) is 7. The Bertz CT molecular complexity index is 1280. The number of carbonyl (C=O) groups excluding carboxylic acids is 3. The summed E-state index contributed by atoms with van der Waals surface area (Å²) in [5, 5.41) is 13.8. The van der Waals surface area contributed by atoms with Gasteiger partial charge in [0.1, 0.15) is 11.6 Å². The Kier molecular flexibility index (Phi) is 6.19. The summed E-state index contributed by atoms with van der Waals surface area (Å²) < 4.78 is 27.0. The molecule has 0 bridgehead atoms. The molecule has 178 valence electrons. The number of hydrogen-bond donors (Lipinski definition) is 1. The van der Waals surface area contributed by atoms with Crippen LogP contribution in [0.5, 0.6) is 0 Å². The van der Waals surface area contributed by atoms with Crippen molar-refractivity contribution in [3.8, 4) is 0 Å². The molecule has 11 nitrogen and oxygen atoms in total. The van der Waals surface area contributed by atoms with Crippen LogP contribution in [0.15, 0.2) is 47.4 Å². The summed E-state index contributed by atoms with van der Waals surface area (Å²) in [5.74, 6) is -2.42. The maximum Gasteiger partial charge on any atom is 0.282 e. The summed E-state index contributed by atoms with van der Waals surface area (Å²) in [6.45, 7) is 2.27. The molecule has 2 aromatic rings. The van der Waals surface area contributed by atoms with Gasteiger partial charge in [0.05, 0.1) is 15.4 Å². The molecule has 0 aliphatic carbocycles. The number of benzene rings is 2. The lowest BCUT2D eigenvalue weighted by atomic mass is 10.1. The SMILES string of the molecule is C[C@@H](C(=O)Nc1ccc(S(=O)(=O)N2CCCCC2)cc1)N1C(=O)c2cccc([N+](=O)[O-])c2C1=O. The third-order valence-corrected chi connectivity index (χ3v) is 7.88. The minimum Gasteiger partial charge on any atom is -0.324 e. The highest BCUT2D eigenvalue weighted by atomic mass is 32.2. The predicted octanol–water partition coefficient (Wildman–Crippen LogP) is 2.39. The number of carbonyl (C=O) groups is 3. The number of sulfonamides is 1. The molecule has 0 unspecified atom stereocenters. The molecule has 2 aliphatic rings. The zero-order chi connectivity index (χ0) is 24.6. The standard InChI is InChI=1S/C22H22N4O7S/c1-14(25-21(28)17-6-5-7-18(26(30)31)19(17)22(25)29)20(27)23-15-8-10-16(11-9-15)34(32,33)24-12-3-2-4-13-24/h5-11,14H,2-4,12-13H2,1H3,(H,23,27)/t14-/m0/s1. The van der Waals surface area contributed by atoms with Crippen molar-refractivity contribution in [2.45, 2.75) is 37.1 Å². The Labute approximate surface area is 195 Å². The van der Waals surface area contributed by atoms with Crippen LogP contribution < -0.4 is 5.32 Å². The first-order chi connectivity index (χ1) is 16.1. The van der Waals surface area contributed by atoms with Crippen molar-refractivity contribution in [2.24, 2.45) is 0 Å². The van der Waals surface area contributed by atoms with Gasteiger partial charge in [-0.25, -0.2) is 8.42 Å². The zero-order valence-electron chi connectivity index (χ0n) is 18.3. The fraction of sp³-hybridized carbons (Fsp3) is 0.318. The van der Waals surface area contributed by atoms with Gasteiger partial charge in [0, 0.05) is 24.8 Å². The molecule has 12 heteroatoms. The first-order valence-corrected chi connectivity index (χ1v) is 12.1. The summed E-state index contributed by atoms with van der Waals surface area (Å²) >= 11 is 0. The number of fused-ring (bicyclic) bond motifs is 1. The van der Waals surface area contributed by atoms with Crippen LogP contribution in [0.2, 0.25) is 0 Å². The summed E-state index contributed by atoms with van der Waals surface area (Å²) in [6.07, 6.45) is 2.62. The average molecular weight is 487 g/mol. The predicted molar refractivity (Wildman–Crippen MR) is 121 cm³/mol. The summed E-state index contributed by atoms with van der Waals surface area (Å²) in [6, 6.07) is 8.08. The maximum absolute atomic E-state index is 12.8. The second kappa shape index (κ2) is 8.95. The van der Waals surface area contributed by atoms with Crippen LogP contribution in [-0.4, -0.2) is 59.4 Å². The molecule has 1 N–H and O–H groups in total. The van der Waals surface area contributed by atoms with Gasteiger partial charge in [0.25, 0.3) is 17.5 Å². The Balaban J connectivity index is 1.49. The van der Waals surface area contributed by atoms with Crippen molar-refractivity contribution in [3.63, 3.8) is 0 Å². The number of amides is 3. The van der Waals surface area contributed by atoms with Gasteiger partial charge in [0.15, 0.2) is 0 Å². The highest BCUT2D eigenvalue weighted by molar-refractivity contribution is 7.89. The number of imide groups is 1. The molecule has 34 heavy (non-hydrogen) atoms. The van der Waals surface area contributed by atoms with Gasteiger partial charge in [0.2, 0.25) is 15.9 Å². The van der Waals surface area contributed by atoms with Crippen molar-refractivity contribution in [1.82, 2.24) is 9.21 Å². The van der Waals surface area contributed by atoms with Crippen LogP contribution in [-0.2, 0) is 14.8 Å². The molecule has 1 fully saturated rings. The number of nitro groups is 1. The van der Waals surface area contributed by atoms with Gasteiger partial charge in [-0.15, -0.1) is 0 Å². The minimum atomic E-state index is -3.62. The molecular weight excluding hydrogens is 464 g/mol. The molecule has 1 saturated heterocycles. The van der Waals surface area contributed by atoms with Crippen molar-refractivity contribution >= 4 is 39.1 Å². The van der Waals surface area contributed by atoms with E-state index in [1.54, 1.807) is 0 Å². The lowest BCUT2D eigenvalue weighted by Crippen LogP contribution is -2.45. The quantitative estimate of drug-likeness (QED) is 0.374. The van der Waals surface area contributed by atoms with Gasteiger partial charge >= 0.3 is 0 Å². The van der Waals surface area contributed by atoms with Crippen molar-refractivity contribution in [3.05, 3.63) is 63.7 Å². The second-order valence-corrected chi connectivity index (χ2v) is 10.0. The molecule has 0 radical (unpaired) electrons. The van der Waals surface area contributed by atoms with E-state index in [9.17, 15) is 32.9 Å². The van der Waals surface area contributed by atoms with Crippen LogP contribution in [0.25, 0.3) is 0 Å². The molecule has 2 aliphatic heterocycles. The second-order valence-electron chi connectivity index (χ2n) is 8.09. The van der Waals surface area contributed by atoms with E-state index in [1.165, 1.54) is 47.6 Å². The van der Waals surface area contributed by atoms with E-state index in [1.807, 2.05) is 0 Å². The van der Waals surface area contributed by atoms with E-state index in [0.29, 0.717) is 18.0 Å². The van der Waals surface area contributed by atoms with E-state index >= 15 is 0 Å². The van der Waals surface area contributed by atoms with E-state index in [0.717, 1.165) is 25.3 Å². The van der Waals surface area contributed by atoms with Gasteiger partial charge in [-0.05, 0) is 50.1 Å². The monoisotopic (exact) mass is 486 g/mol. The van der Waals surface area contributed by atoms with E-state index < -0.39 is 44.4 Å². The smallest absolute Gasteiger partial charge is 0.282 e. The largest absolute Gasteiger partial charge is 0.324 e. The Morgan fingerprint density at radius 1 is 1.03 bits per heavy atom. The number of nitro benzene ring substituents is 1. The fourth-order valence-corrected chi connectivity index (χ4v) is 5.64. The first-order valence-electron chi connectivity index (χ1n) is 10.7. The topological polar surface area (TPSA) is 147 Å². The van der Waals surface area contributed by atoms with Gasteiger partial charge in [-0.2, -0.15) is 4.31 Å². The summed E-state index contributed by atoms with van der Waals surface area (Å²) in [5.41, 5.74) is -0.705. The van der Waals surface area contributed by atoms with Crippen LogP contribution in [0.4, 0.5) is 11.4 Å². The number of piperidine rings is 1.